The second kappa shape index (κ2) is 7.72. The molecule has 1 aromatic rings. The number of aliphatic imine (C=N–C) groups is 1. The maximum atomic E-state index is 5.84. The third-order valence-electron chi connectivity index (χ3n) is 3.18. The average molecular weight is 278 g/mol. The number of guanidine groups is 1. The van der Waals surface area contributed by atoms with Crippen molar-refractivity contribution in [2.45, 2.75) is 40.7 Å². The lowest BCUT2D eigenvalue weighted by Gasteiger charge is -2.11. The van der Waals surface area contributed by atoms with E-state index in [0.29, 0.717) is 18.4 Å². The van der Waals surface area contributed by atoms with E-state index >= 15 is 0 Å². The van der Waals surface area contributed by atoms with Crippen LogP contribution in [0.2, 0.25) is 0 Å². The van der Waals surface area contributed by atoms with Gasteiger partial charge in [0, 0.05) is 23.9 Å². The Morgan fingerprint density at radius 3 is 2.75 bits per heavy atom. The Hall–Kier alpha value is -1.78. The highest BCUT2D eigenvalue weighted by Gasteiger charge is 2.08. The van der Waals surface area contributed by atoms with Crippen molar-refractivity contribution in [3.05, 3.63) is 23.0 Å². The largest absolute Gasteiger partial charge is 0.496 e. The molecule has 0 radical (unpaired) electrons. The molecular formula is C15H26N4O. The van der Waals surface area contributed by atoms with E-state index in [1.807, 2.05) is 13.8 Å². The van der Waals surface area contributed by atoms with E-state index in [-0.39, 0.29) is 0 Å². The fourth-order valence-corrected chi connectivity index (χ4v) is 1.94. The molecule has 3 N–H and O–H groups in total. The number of hydrogen-bond donors (Lipinski definition) is 2. The topological polar surface area (TPSA) is 72.5 Å². The summed E-state index contributed by atoms with van der Waals surface area (Å²) < 4.78 is 5.38. The van der Waals surface area contributed by atoms with Crippen LogP contribution < -0.4 is 15.8 Å². The number of pyridine rings is 1. The highest BCUT2D eigenvalue weighted by Crippen LogP contribution is 2.24. The summed E-state index contributed by atoms with van der Waals surface area (Å²) in [6.45, 7) is 9.64. The van der Waals surface area contributed by atoms with Gasteiger partial charge in [-0.1, -0.05) is 13.8 Å². The zero-order valence-corrected chi connectivity index (χ0v) is 13.2. The van der Waals surface area contributed by atoms with Crippen LogP contribution in [-0.4, -0.2) is 24.6 Å². The first-order chi connectivity index (χ1) is 9.45. The minimum Gasteiger partial charge on any atom is -0.496 e. The standard InChI is InChI=1S/C15H26N4O/c1-10(2)6-7-17-15(16)19-9-13-12(4)14(20-5)11(3)8-18-13/h8,10H,6-7,9H2,1-5H3,(H3,16,17,19). The number of hydrogen-bond acceptors (Lipinski definition) is 3. The van der Waals surface area contributed by atoms with Crippen molar-refractivity contribution >= 4 is 5.96 Å². The molecule has 0 aliphatic carbocycles. The van der Waals surface area contributed by atoms with Crippen molar-refractivity contribution in [1.29, 1.82) is 0 Å². The van der Waals surface area contributed by atoms with Gasteiger partial charge >= 0.3 is 0 Å². The summed E-state index contributed by atoms with van der Waals surface area (Å²) in [5.74, 6) is 1.99. The molecule has 1 aromatic heterocycles. The predicted octanol–water partition coefficient (Wildman–Crippen LogP) is 2.16. The summed E-state index contributed by atoms with van der Waals surface area (Å²) in [5.41, 5.74) is 8.78. The number of methoxy groups -OCH3 is 1. The molecule has 0 aromatic carbocycles. The Morgan fingerprint density at radius 2 is 2.15 bits per heavy atom. The molecular weight excluding hydrogens is 252 g/mol. The molecule has 112 valence electrons. The van der Waals surface area contributed by atoms with Crippen molar-refractivity contribution in [2.24, 2.45) is 16.6 Å². The van der Waals surface area contributed by atoms with E-state index in [2.05, 4.69) is 29.1 Å². The fraction of sp³-hybridized carbons (Fsp3) is 0.600. The van der Waals surface area contributed by atoms with Crippen molar-refractivity contribution in [3.8, 4) is 5.75 Å². The van der Waals surface area contributed by atoms with Crippen LogP contribution in [-0.2, 0) is 6.54 Å². The Balaban J connectivity index is 2.65. The van der Waals surface area contributed by atoms with Gasteiger partial charge in [0.2, 0.25) is 0 Å². The van der Waals surface area contributed by atoms with Crippen molar-refractivity contribution < 1.29 is 4.74 Å². The molecule has 5 heteroatoms. The summed E-state index contributed by atoms with van der Waals surface area (Å²) in [6.07, 6.45) is 2.88. The number of ether oxygens (including phenoxy) is 1. The lowest BCUT2D eigenvalue weighted by Crippen LogP contribution is -2.33. The Labute approximate surface area is 121 Å². The number of nitrogens with one attached hydrogen (secondary N) is 1. The zero-order chi connectivity index (χ0) is 15.1. The van der Waals surface area contributed by atoms with Crippen molar-refractivity contribution in [1.82, 2.24) is 10.3 Å². The highest BCUT2D eigenvalue weighted by molar-refractivity contribution is 5.77. The van der Waals surface area contributed by atoms with Gasteiger partial charge in [-0.2, -0.15) is 0 Å². The van der Waals surface area contributed by atoms with Crippen LogP contribution in [0.4, 0.5) is 0 Å². The summed E-state index contributed by atoms with van der Waals surface area (Å²) in [7, 11) is 1.67. The summed E-state index contributed by atoms with van der Waals surface area (Å²) in [4.78, 5) is 8.72. The lowest BCUT2D eigenvalue weighted by atomic mass is 10.1. The molecule has 0 fully saturated rings. The van der Waals surface area contributed by atoms with Crippen LogP contribution >= 0.6 is 0 Å². The third-order valence-corrected chi connectivity index (χ3v) is 3.18. The maximum Gasteiger partial charge on any atom is 0.188 e. The molecule has 20 heavy (non-hydrogen) atoms. The number of aryl methyl sites for hydroxylation is 1. The first-order valence-corrected chi connectivity index (χ1v) is 6.98. The van der Waals surface area contributed by atoms with Gasteiger partial charge in [0.15, 0.2) is 5.96 Å². The van der Waals surface area contributed by atoms with Crippen molar-refractivity contribution in [3.63, 3.8) is 0 Å². The van der Waals surface area contributed by atoms with Crippen LogP contribution in [0.25, 0.3) is 0 Å². The first-order valence-electron chi connectivity index (χ1n) is 6.98. The number of aromatic nitrogens is 1. The van der Waals surface area contributed by atoms with Gasteiger partial charge in [-0.25, -0.2) is 4.99 Å². The second-order valence-corrected chi connectivity index (χ2v) is 5.36. The minimum absolute atomic E-state index is 0.461. The van der Waals surface area contributed by atoms with Gasteiger partial charge < -0.3 is 15.8 Å². The van der Waals surface area contributed by atoms with Gasteiger partial charge in [0.05, 0.1) is 19.3 Å². The third kappa shape index (κ3) is 4.72. The molecule has 1 heterocycles. The van der Waals surface area contributed by atoms with Gasteiger partial charge in [0.1, 0.15) is 5.75 Å². The van der Waals surface area contributed by atoms with Crippen LogP contribution in [0, 0.1) is 19.8 Å². The Morgan fingerprint density at radius 1 is 1.45 bits per heavy atom. The Kier molecular flexibility index (Phi) is 6.28. The lowest BCUT2D eigenvalue weighted by molar-refractivity contribution is 0.407. The fourth-order valence-electron chi connectivity index (χ4n) is 1.94. The van der Waals surface area contributed by atoms with E-state index in [1.54, 1.807) is 13.3 Å². The molecule has 5 nitrogen and oxygen atoms in total. The first kappa shape index (κ1) is 16.3. The minimum atomic E-state index is 0.461. The summed E-state index contributed by atoms with van der Waals surface area (Å²) in [5, 5.41) is 3.11. The van der Waals surface area contributed by atoms with Gasteiger partial charge in [-0.05, 0) is 26.2 Å². The zero-order valence-electron chi connectivity index (χ0n) is 13.2. The molecule has 0 aliphatic rings. The molecule has 0 aliphatic heterocycles. The molecule has 1 rings (SSSR count). The van der Waals surface area contributed by atoms with Crippen LogP contribution in [0.1, 0.15) is 37.1 Å². The quantitative estimate of drug-likeness (QED) is 0.618. The normalized spacial score (nSPS) is 11.8. The molecule has 0 saturated heterocycles. The second-order valence-electron chi connectivity index (χ2n) is 5.36. The SMILES string of the molecule is COc1c(C)cnc(CN=C(N)NCCC(C)C)c1C. The summed E-state index contributed by atoms with van der Waals surface area (Å²) >= 11 is 0. The summed E-state index contributed by atoms with van der Waals surface area (Å²) in [6, 6.07) is 0. The average Bonchev–Trinajstić information content (AvgIpc) is 2.38. The Bertz CT molecular complexity index is 469. The van der Waals surface area contributed by atoms with Crippen molar-refractivity contribution in [2.75, 3.05) is 13.7 Å². The molecule has 0 bridgehead atoms. The van der Waals surface area contributed by atoms with E-state index in [0.717, 1.165) is 35.5 Å². The molecule has 0 amide bonds. The maximum absolute atomic E-state index is 5.84. The monoisotopic (exact) mass is 278 g/mol. The van der Waals surface area contributed by atoms with E-state index in [9.17, 15) is 0 Å². The van der Waals surface area contributed by atoms with Gasteiger partial charge in [-0.15, -0.1) is 0 Å². The van der Waals surface area contributed by atoms with Gasteiger partial charge in [-0.3, -0.25) is 4.98 Å². The number of rotatable bonds is 6. The predicted molar refractivity (Wildman–Crippen MR) is 83.0 cm³/mol. The molecule has 0 atom stereocenters. The van der Waals surface area contributed by atoms with Gasteiger partial charge in [0.25, 0.3) is 0 Å². The molecule has 0 spiro atoms. The molecule has 0 unspecified atom stereocenters. The van der Waals surface area contributed by atoms with E-state index in [1.165, 1.54) is 0 Å². The molecule has 0 saturated carbocycles. The van der Waals surface area contributed by atoms with Crippen LogP contribution in [0.5, 0.6) is 5.75 Å². The van der Waals surface area contributed by atoms with E-state index in [4.69, 9.17) is 10.5 Å². The highest BCUT2D eigenvalue weighted by atomic mass is 16.5. The number of nitrogens with two attached hydrogens (primary N) is 1. The smallest absolute Gasteiger partial charge is 0.188 e. The van der Waals surface area contributed by atoms with Crippen LogP contribution in [0.3, 0.4) is 0 Å². The number of nitrogens with zero attached hydrogens (tertiary/aromatic N) is 2. The van der Waals surface area contributed by atoms with Crippen LogP contribution in [0.15, 0.2) is 11.2 Å². The van der Waals surface area contributed by atoms with E-state index < -0.39 is 0 Å².